The van der Waals surface area contributed by atoms with Crippen molar-refractivity contribution < 1.29 is 18.3 Å². The summed E-state index contributed by atoms with van der Waals surface area (Å²) in [6.07, 6.45) is 0. The van der Waals surface area contributed by atoms with E-state index in [0.29, 0.717) is 11.8 Å². The molecule has 0 saturated carbocycles. The summed E-state index contributed by atoms with van der Waals surface area (Å²) in [6.45, 7) is 5.46. The molecular weight excluding hydrogens is 274 g/mol. The minimum absolute atomic E-state index is 0.168. The number of ether oxygens (including phenoxy) is 1. The first kappa shape index (κ1) is 15.2. The van der Waals surface area contributed by atoms with Crippen LogP contribution in [0, 0.1) is 32.4 Å². The SMILES string of the molecule is Cc1cc(C)c(OCC(=O)c2ccc(F)cc2F)c(C)c1. The van der Waals surface area contributed by atoms with Crippen LogP contribution in [0.3, 0.4) is 0 Å². The van der Waals surface area contributed by atoms with Gasteiger partial charge in [-0.05, 0) is 44.0 Å². The minimum Gasteiger partial charge on any atom is -0.485 e. The molecule has 0 amide bonds. The third-order valence-corrected chi connectivity index (χ3v) is 3.18. The Bertz CT molecular complexity index is 670. The number of aryl methyl sites for hydroxylation is 3. The molecule has 0 fully saturated rings. The van der Waals surface area contributed by atoms with E-state index in [9.17, 15) is 13.6 Å². The maximum absolute atomic E-state index is 13.5. The highest BCUT2D eigenvalue weighted by atomic mass is 19.1. The summed E-state index contributed by atoms with van der Waals surface area (Å²) in [5.41, 5.74) is 2.77. The molecule has 2 nitrogen and oxygen atoms in total. The highest BCUT2D eigenvalue weighted by Crippen LogP contribution is 2.24. The second-order valence-electron chi connectivity index (χ2n) is 5.06. The first-order chi connectivity index (χ1) is 9.88. The normalized spacial score (nSPS) is 10.5. The van der Waals surface area contributed by atoms with Gasteiger partial charge in [-0.3, -0.25) is 4.79 Å². The largest absolute Gasteiger partial charge is 0.485 e. The summed E-state index contributed by atoms with van der Waals surface area (Å²) in [6, 6.07) is 6.77. The number of halogens is 2. The fraction of sp³-hybridized carbons (Fsp3) is 0.235. The zero-order valence-electron chi connectivity index (χ0n) is 12.2. The molecule has 0 spiro atoms. The van der Waals surface area contributed by atoms with E-state index >= 15 is 0 Å². The molecule has 2 rings (SSSR count). The topological polar surface area (TPSA) is 26.3 Å². The first-order valence-electron chi connectivity index (χ1n) is 6.57. The molecule has 21 heavy (non-hydrogen) atoms. The Labute approximate surface area is 122 Å². The van der Waals surface area contributed by atoms with Gasteiger partial charge in [0.15, 0.2) is 6.61 Å². The van der Waals surface area contributed by atoms with Crippen molar-refractivity contribution in [2.24, 2.45) is 0 Å². The Hall–Kier alpha value is -2.23. The highest BCUT2D eigenvalue weighted by molar-refractivity contribution is 5.97. The third-order valence-electron chi connectivity index (χ3n) is 3.18. The molecule has 0 unspecified atom stereocenters. The Balaban J connectivity index is 2.15. The maximum Gasteiger partial charge on any atom is 0.203 e. The van der Waals surface area contributed by atoms with Crippen molar-refractivity contribution in [2.45, 2.75) is 20.8 Å². The summed E-state index contributed by atoms with van der Waals surface area (Å²) in [7, 11) is 0. The summed E-state index contributed by atoms with van der Waals surface area (Å²) in [5, 5.41) is 0. The van der Waals surface area contributed by atoms with Crippen molar-refractivity contribution in [3.63, 3.8) is 0 Å². The second-order valence-corrected chi connectivity index (χ2v) is 5.06. The minimum atomic E-state index is -0.874. The fourth-order valence-electron chi connectivity index (χ4n) is 2.33. The average Bonchev–Trinajstić information content (AvgIpc) is 2.36. The number of rotatable bonds is 4. The number of carbonyl (C=O) groups is 1. The number of hydrogen-bond donors (Lipinski definition) is 0. The lowest BCUT2D eigenvalue weighted by atomic mass is 10.1. The van der Waals surface area contributed by atoms with Crippen LogP contribution in [0.4, 0.5) is 8.78 Å². The average molecular weight is 290 g/mol. The summed E-state index contributed by atoms with van der Waals surface area (Å²) in [4.78, 5) is 12.0. The van der Waals surface area contributed by atoms with Crippen molar-refractivity contribution in [3.8, 4) is 5.75 Å². The van der Waals surface area contributed by atoms with E-state index < -0.39 is 17.4 Å². The molecule has 0 aliphatic carbocycles. The number of hydrogen-bond acceptors (Lipinski definition) is 2. The smallest absolute Gasteiger partial charge is 0.203 e. The van der Waals surface area contributed by atoms with Crippen molar-refractivity contribution in [1.29, 1.82) is 0 Å². The van der Waals surface area contributed by atoms with Gasteiger partial charge in [-0.2, -0.15) is 0 Å². The van der Waals surface area contributed by atoms with Crippen LogP contribution >= 0.6 is 0 Å². The van der Waals surface area contributed by atoms with Gasteiger partial charge in [0.25, 0.3) is 0 Å². The second kappa shape index (κ2) is 6.04. The van der Waals surface area contributed by atoms with Crippen molar-refractivity contribution >= 4 is 5.78 Å². The molecule has 110 valence electrons. The molecular formula is C17H16F2O2. The van der Waals surface area contributed by atoms with E-state index in [4.69, 9.17) is 4.74 Å². The van der Waals surface area contributed by atoms with Crippen LogP contribution < -0.4 is 4.74 Å². The Morgan fingerprint density at radius 2 is 1.67 bits per heavy atom. The summed E-state index contributed by atoms with van der Waals surface area (Å²) in [5.74, 6) is -1.49. The molecule has 0 heterocycles. The van der Waals surface area contributed by atoms with Gasteiger partial charge in [-0.15, -0.1) is 0 Å². The van der Waals surface area contributed by atoms with Crippen molar-refractivity contribution in [3.05, 3.63) is 64.2 Å². The van der Waals surface area contributed by atoms with Crippen LogP contribution in [0.25, 0.3) is 0 Å². The number of benzene rings is 2. The van der Waals surface area contributed by atoms with Gasteiger partial charge >= 0.3 is 0 Å². The van der Waals surface area contributed by atoms with Gasteiger partial charge in [-0.25, -0.2) is 8.78 Å². The van der Waals surface area contributed by atoms with E-state index in [1.807, 2.05) is 32.9 Å². The third kappa shape index (κ3) is 3.45. The Morgan fingerprint density at radius 1 is 1.05 bits per heavy atom. The quantitative estimate of drug-likeness (QED) is 0.791. The molecule has 0 aliphatic heterocycles. The standard InChI is InChI=1S/C17H16F2O2/c1-10-6-11(2)17(12(3)7-10)21-9-16(20)14-5-4-13(18)8-15(14)19/h4-8H,9H2,1-3H3. The Kier molecular flexibility index (Phi) is 4.36. The molecule has 0 atom stereocenters. The molecule has 0 N–H and O–H groups in total. The number of Topliss-reactive ketones (excluding diaryl/α,β-unsaturated/α-hetero) is 1. The van der Waals surface area contributed by atoms with Gasteiger partial charge in [0.05, 0.1) is 5.56 Å². The van der Waals surface area contributed by atoms with E-state index in [1.165, 1.54) is 0 Å². The Morgan fingerprint density at radius 3 is 2.24 bits per heavy atom. The summed E-state index contributed by atoms with van der Waals surface area (Å²) < 4.78 is 31.9. The van der Waals surface area contributed by atoms with E-state index in [0.717, 1.165) is 28.8 Å². The lowest BCUT2D eigenvalue weighted by Gasteiger charge is -2.12. The zero-order valence-corrected chi connectivity index (χ0v) is 12.2. The van der Waals surface area contributed by atoms with Crippen molar-refractivity contribution in [1.82, 2.24) is 0 Å². The first-order valence-corrected chi connectivity index (χ1v) is 6.57. The molecule has 2 aromatic carbocycles. The molecule has 0 aromatic heterocycles. The maximum atomic E-state index is 13.5. The fourth-order valence-corrected chi connectivity index (χ4v) is 2.33. The van der Waals surface area contributed by atoms with E-state index in [2.05, 4.69) is 0 Å². The molecule has 0 saturated heterocycles. The van der Waals surface area contributed by atoms with Gasteiger partial charge in [0, 0.05) is 6.07 Å². The molecule has 2 aromatic rings. The molecule has 0 bridgehead atoms. The molecule has 4 heteroatoms. The number of carbonyl (C=O) groups excluding carboxylic acids is 1. The van der Waals surface area contributed by atoms with Gasteiger partial charge < -0.3 is 4.74 Å². The van der Waals surface area contributed by atoms with Gasteiger partial charge in [-0.1, -0.05) is 17.7 Å². The summed E-state index contributed by atoms with van der Waals surface area (Å²) >= 11 is 0. The predicted octanol–water partition coefficient (Wildman–Crippen LogP) is 4.15. The van der Waals surface area contributed by atoms with Crippen LogP contribution in [0.5, 0.6) is 5.75 Å². The predicted molar refractivity (Wildman–Crippen MR) is 76.8 cm³/mol. The lowest BCUT2D eigenvalue weighted by Crippen LogP contribution is -2.14. The lowest BCUT2D eigenvalue weighted by molar-refractivity contribution is 0.0916. The van der Waals surface area contributed by atoms with Crippen LogP contribution in [0.15, 0.2) is 30.3 Å². The van der Waals surface area contributed by atoms with E-state index in [1.54, 1.807) is 0 Å². The highest BCUT2D eigenvalue weighted by Gasteiger charge is 2.14. The molecule has 0 aliphatic rings. The number of ketones is 1. The van der Waals surface area contributed by atoms with Crippen LogP contribution in [-0.4, -0.2) is 12.4 Å². The van der Waals surface area contributed by atoms with Gasteiger partial charge in [0.1, 0.15) is 17.4 Å². The van der Waals surface area contributed by atoms with Crippen LogP contribution in [0.1, 0.15) is 27.0 Å². The van der Waals surface area contributed by atoms with Gasteiger partial charge in [0.2, 0.25) is 5.78 Å². The van der Waals surface area contributed by atoms with E-state index in [-0.39, 0.29) is 12.2 Å². The van der Waals surface area contributed by atoms with Crippen LogP contribution in [-0.2, 0) is 0 Å². The van der Waals surface area contributed by atoms with Crippen molar-refractivity contribution in [2.75, 3.05) is 6.61 Å². The van der Waals surface area contributed by atoms with Crippen LogP contribution in [0.2, 0.25) is 0 Å². The molecule has 0 radical (unpaired) electrons. The zero-order chi connectivity index (χ0) is 15.6. The monoisotopic (exact) mass is 290 g/mol.